The molecule has 0 bridgehead atoms. The molecule has 0 radical (unpaired) electrons. The molecular weight excluding hydrogens is 274 g/mol. The first-order chi connectivity index (χ1) is 9.76. The summed E-state index contributed by atoms with van der Waals surface area (Å²) >= 11 is 0. The van der Waals surface area contributed by atoms with Crippen LogP contribution in [0.5, 0.6) is 0 Å². The molecule has 7 heteroatoms. The molecule has 1 aromatic carbocycles. The smallest absolute Gasteiger partial charge is 0.308 e. The highest BCUT2D eigenvalue weighted by molar-refractivity contribution is 5.81. The molecule has 0 aliphatic rings. The second-order valence-electron chi connectivity index (χ2n) is 5.70. The van der Waals surface area contributed by atoms with Crippen molar-refractivity contribution in [3.8, 4) is 0 Å². The number of aryl methyl sites for hydroxylation is 1. The Morgan fingerprint density at radius 2 is 2.14 bits per heavy atom. The van der Waals surface area contributed by atoms with Gasteiger partial charge in [0.05, 0.1) is 29.6 Å². The fourth-order valence-electron chi connectivity index (χ4n) is 1.94. The van der Waals surface area contributed by atoms with Crippen molar-refractivity contribution in [3.05, 3.63) is 34.5 Å². The Kier molecular flexibility index (Phi) is 3.93. The lowest BCUT2D eigenvalue weighted by Crippen LogP contribution is -2.24. The maximum absolute atomic E-state index is 11.7. The van der Waals surface area contributed by atoms with Gasteiger partial charge < -0.3 is 4.74 Å². The Hall–Kier alpha value is -2.44. The molecule has 1 aromatic heterocycles. The standard InChI is InChI=1S/C14H17N3O4/c1-14(2,3)21-13(18)6-7-16-12-8-11(17(19)20)5-4-10(12)9-15-16/h4-5,8-9H,6-7H2,1-3H3. The van der Waals surface area contributed by atoms with E-state index in [2.05, 4.69) is 5.10 Å². The number of nitro groups is 1. The first kappa shape index (κ1) is 15.0. The molecule has 0 saturated heterocycles. The third-order valence-corrected chi connectivity index (χ3v) is 2.79. The number of rotatable bonds is 4. The van der Waals surface area contributed by atoms with E-state index in [9.17, 15) is 14.9 Å². The van der Waals surface area contributed by atoms with Crippen LogP contribution < -0.4 is 0 Å². The summed E-state index contributed by atoms with van der Waals surface area (Å²) < 4.78 is 6.80. The second-order valence-corrected chi connectivity index (χ2v) is 5.70. The van der Waals surface area contributed by atoms with Gasteiger partial charge >= 0.3 is 5.97 Å². The quantitative estimate of drug-likeness (QED) is 0.491. The van der Waals surface area contributed by atoms with Crippen LogP contribution in [0.2, 0.25) is 0 Å². The third-order valence-electron chi connectivity index (χ3n) is 2.79. The molecule has 0 unspecified atom stereocenters. The fraction of sp³-hybridized carbons (Fsp3) is 0.429. The summed E-state index contributed by atoms with van der Waals surface area (Å²) in [4.78, 5) is 22.0. The number of benzene rings is 1. The summed E-state index contributed by atoms with van der Waals surface area (Å²) in [6.07, 6.45) is 1.78. The maximum atomic E-state index is 11.7. The molecule has 2 aromatic rings. The number of aromatic nitrogens is 2. The van der Waals surface area contributed by atoms with Gasteiger partial charge in [-0.2, -0.15) is 5.10 Å². The Labute approximate surface area is 121 Å². The van der Waals surface area contributed by atoms with Crippen LogP contribution in [0, 0.1) is 10.1 Å². The van der Waals surface area contributed by atoms with Gasteiger partial charge in [-0.25, -0.2) is 0 Å². The van der Waals surface area contributed by atoms with Gasteiger partial charge in [0.1, 0.15) is 5.60 Å². The molecule has 0 amide bonds. The Balaban J connectivity index is 2.13. The summed E-state index contributed by atoms with van der Waals surface area (Å²) in [5.41, 5.74) is 0.108. The number of fused-ring (bicyclic) bond motifs is 1. The topological polar surface area (TPSA) is 87.3 Å². The van der Waals surface area contributed by atoms with Gasteiger partial charge in [0, 0.05) is 17.5 Å². The van der Waals surface area contributed by atoms with Crippen molar-refractivity contribution >= 4 is 22.6 Å². The van der Waals surface area contributed by atoms with Crippen LogP contribution in [-0.4, -0.2) is 26.3 Å². The molecule has 7 nitrogen and oxygen atoms in total. The molecule has 0 aliphatic heterocycles. The number of nitro benzene ring substituents is 1. The van der Waals surface area contributed by atoms with Gasteiger partial charge in [0.25, 0.3) is 5.69 Å². The SMILES string of the molecule is CC(C)(C)OC(=O)CCn1ncc2ccc([N+](=O)[O-])cc21. The maximum Gasteiger partial charge on any atom is 0.308 e. The average molecular weight is 291 g/mol. The number of carbonyl (C=O) groups is 1. The molecule has 2 rings (SSSR count). The number of nitrogens with zero attached hydrogens (tertiary/aromatic N) is 3. The lowest BCUT2D eigenvalue weighted by molar-refractivity contribution is -0.384. The third kappa shape index (κ3) is 3.77. The highest BCUT2D eigenvalue weighted by Crippen LogP contribution is 2.21. The normalized spacial score (nSPS) is 11.6. The van der Waals surface area contributed by atoms with Crippen LogP contribution in [0.4, 0.5) is 5.69 Å². The zero-order valence-corrected chi connectivity index (χ0v) is 12.2. The van der Waals surface area contributed by atoms with Gasteiger partial charge in [-0.05, 0) is 26.8 Å². The summed E-state index contributed by atoms with van der Waals surface area (Å²) in [6.45, 7) is 5.73. The summed E-state index contributed by atoms with van der Waals surface area (Å²) in [5.74, 6) is -0.323. The summed E-state index contributed by atoms with van der Waals surface area (Å²) in [7, 11) is 0. The van der Waals surface area contributed by atoms with E-state index in [1.165, 1.54) is 12.1 Å². The van der Waals surface area contributed by atoms with Crippen molar-refractivity contribution in [2.45, 2.75) is 39.3 Å². The molecule has 0 saturated carbocycles. The van der Waals surface area contributed by atoms with E-state index >= 15 is 0 Å². The highest BCUT2D eigenvalue weighted by atomic mass is 16.6. The summed E-state index contributed by atoms with van der Waals surface area (Å²) in [5, 5.41) is 15.7. The lowest BCUT2D eigenvalue weighted by atomic mass is 10.2. The van der Waals surface area contributed by atoms with E-state index in [-0.39, 0.29) is 18.1 Å². The molecule has 21 heavy (non-hydrogen) atoms. The minimum atomic E-state index is -0.526. The molecular formula is C14H17N3O4. The minimum absolute atomic E-state index is 0.00141. The van der Waals surface area contributed by atoms with Gasteiger partial charge in [0.15, 0.2) is 0 Å². The number of hydrogen-bond acceptors (Lipinski definition) is 5. The van der Waals surface area contributed by atoms with E-state index in [0.717, 1.165) is 5.39 Å². The van der Waals surface area contributed by atoms with Crippen molar-refractivity contribution in [1.82, 2.24) is 9.78 Å². The second kappa shape index (κ2) is 5.51. The average Bonchev–Trinajstić information content (AvgIpc) is 2.76. The predicted octanol–water partition coefficient (Wildman–Crippen LogP) is 2.68. The first-order valence-electron chi connectivity index (χ1n) is 6.58. The monoisotopic (exact) mass is 291 g/mol. The van der Waals surface area contributed by atoms with Crippen LogP contribution in [0.15, 0.2) is 24.4 Å². The molecule has 1 heterocycles. The lowest BCUT2D eigenvalue weighted by Gasteiger charge is -2.19. The highest BCUT2D eigenvalue weighted by Gasteiger charge is 2.17. The zero-order chi connectivity index (χ0) is 15.6. The fourth-order valence-corrected chi connectivity index (χ4v) is 1.94. The van der Waals surface area contributed by atoms with Crippen LogP contribution in [0.3, 0.4) is 0 Å². The minimum Gasteiger partial charge on any atom is -0.460 e. The van der Waals surface area contributed by atoms with E-state index in [0.29, 0.717) is 12.1 Å². The van der Waals surface area contributed by atoms with Crippen molar-refractivity contribution < 1.29 is 14.5 Å². The van der Waals surface area contributed by atoms with Crippen LogP contribution in [0.1, 0.15) is 27.2 Å². The molecule has 0 spiro atoms. The first-order valence-corrected chi connectivity index (χ1v) is 6.58. The number of carbonyl (C=O) groups excluding carboxylic acids is 1. The van der Waals surface area contributed by atoms with Crippen molar-refractivity contribution in [2.75, 3.05) is 0 Å². The van der Waals surface area contributed by atoms with Gasteiger partial charge in [0.2, 0.25) is 0 Å². The Bertz CT molecular complexity index is 685. The van der Waals surface area contributed by atoms with Crippen molar-refractivity contribution in [2.24, 2.45) is 0 Å². The number of ether oxygens (including phenoxy) is 1. The summed E-state index contributed by atoms with van der Waals surface area (Å²) in [6, 6.07) is 4.53. The van der Waals surface area contributed by atoms with Crippen molar-refractivity contribution in [3.63, 3.8) is 0 Å². The number of hydrogen-bond donors (Lipinski definition) is 0. The van der Waals surface area contributed by atoms with E-state index in [4.69, 9.17) is 4.74 Å². The largest absolute Gasteiger partial charge is 0.460 e. The molecule has 0 atom stereocenters. The molecule has 0 N–H and O–H groups in total. The van der Waals surface area contributed by atoms with Gasteiger partial charge in [-0.1, -0.05) is 0 Å². The Morgan fingerprint density at radius 3 is 2.76 bits per heavy atom. The molecule has 0 aliphatic carbocycles. The van der Waals surface area contributed by atoms with Crippen molar-refractivity contribution in [1.29, 1.82) is 0 Å². The Morgan fingerprint density at radius 1 is 1.43 bits per heavy atom. The van der Waals surface area contributed by atoms with Crippen LogP contribution >= 0.6 is 0 Å². The zero-order valence-electron chi connectivity index (χ0n) is 12.2. The predicted molar refractivity (Wildman–Crippen MR) is 76.8 cm³/mol. The van der Waals surface area contributed by atoms with E-state index < -0.39 is 10.5 Å². The van der Waals surface area contributed by atoms with E-state index in [1.807, 2.05) is 0 Å². The van der Waals surface area contributed by atoms with Crippen LogP contribution in [-0.2, 0) is 16.1 Å². The molecule has 112 valence electrons. The van der Waals surface area contributed by atoms with E-state index in [1.54, 1.807) is 37.7 Å². The van der Waals surface area contributed by atoms with Gasteiger partial charge in [-0.3, -0.25) is 19.6 Å². The van der Waals surface area contributed by atoms with Crippen LogP contribution in [0.25, 0.3) is 10.9 Å². The number of non-ortho nitro benzene ring substituents is 1. The number of esters is 1. The van der Waals surface area contributed by atoms with Gasteiger partial charge in [-0.15, -0.1) is 0 Å². The molecule has 0 fully saturated rings.